The van der Waals surface area contributed by atoms with Gasteiger partial charge < -0.3 is 4.42 Å². The first kappa shape index (κ1) is 15.8. The van der Waals surface area contributed by atoms with Crippen LogP contribution >= 0.6 is 11.3 Å². The summed E-state index contributed by atoms with van der Waals surface area (Å²) < 4.78 is 18.4. The molecule has 0 aliphatic carbocycles. The van der Waals surface area contributed by atoms with Gasteiger partial charge in [-0.3, -0.25) is 4.79 Å². The Morgan fingerprint density at radius 2 is 2.04 bits per heavy atom. The molecule has 4 rings (SSSR count). The first-order chi connectivity index (χ1) is 12.1. The topological polar surface area (TPSA) is 45.8 Å². The highest BCUT2D eigenvalue weighted by atomic mass is 32.1. The van der Waals surface area contributed by atoms with Crippen molar-refractivity contribution in [1.82, 2.24) is 5.01 Å². The van der Waals surface area contributed by atoms with Crippen LogP contribution in [0.2, 0.25) is 0 Å². The predicted octanol–water partition coefficient (Wildman–Crippen LogP) is 4.78. The Kier molecular flexibility index (Phi) is 3.97. The van der Waals surface area contributed by atoms with E-state index >= 15 is 0 Å². The predicted molar refractivity (Wildman–Crippen MR) is 94.2 cm³/mol. The third-order valence-corrected chi connectivity index (χ3v) is 5.22. The number of halogens is 1. The van der Waals surface area contributed by atoms with Crippen molar-refractivity contribution < 1.29 is 13.6 Å². The van der Waals surface area contributed by atoms with E-state index in [2.05, 4.69) is 5.10 Å². The molecule has 1 aliphatic rings. The monoisotopic (exact) mass is 354 g/mol. The van der Waals surface area contributed by atoms with Gasteiger partial charge >= 0.3 is 5.91 Å². The van der Waals surface area contributed by atoms with Crippen molar-refractivity contribution >= 4 is 23.0 Å². The van der Waals surface area contributed by atoms with Gasteiger partial charge in [-0.1, -0.05) is 12.1 Å². The number of hydrogen-bond donors (Lipinski definition) is 0. The molecule has 0 saturated carbocycles. The van der Waals surface area contributed by atoms with Gasteiger partial charge in [-0.05, 0) is 48.9 Å². The van der Waals surface area contributed by atoms with Crippen LogP contribution in [0.3, 0.4) is 0 Å². The van der Waals surface area contributed by atoms with Gasteiger partial charge in [0.15, 0.2) is 5.76 Å². The normalized spacial score (nSPS) is 17.0. The fourth-order valence-corrected chi connectivity index (χ4v) is 3.84. The Labute approximate surface area is 148 Å². The fraction of sp³-hybridized carbons (Fsp3) is 0.158. The molecule has 0 spiro atoms. The van der Waals surface area contributed by atoms with E-state index in [9.17, 15) is 9.18 Å². The van der Waals surface area contributed by atoms with Crippen molar-refractivity contribution in [2.75, 3.05) is 0 Å². The summed E-state index contributed by atoms with van der Waals surface area (Å²) >= 11 is 1.65. The van der Waals surface area contributed by atoms with E-state index in [1.165, 1.54) is 28.3 Å². The van der Waals surface area contributed by atoms with Crippen LogP contribution in [0.15, 0.2) is 64.3 Å². The van der Waals surface area contributed by atoms with E-state index < -0.39 is 0 Å². The number of hydrazone groups is 1. The van der Waals surface area contributed by atoms with Gasteiger partial charge in [-0.15, -0.1) is 11.3 Å². The van der Waals surface area contributed by atoms with Crippen LogP contribution in [0, 0.1) is 12.7 Å². The van der Waals surface area contributed by atoms with E-state index in [1.54, 1.807) is 35.6 Å². The summed E-state index contributed by atoms with van der Waals surface area (Å²) in [6, 6.07) is 13.4. The Morgan fingerprint density at radius 1 is 1.24 bits per heavy atom. The zero-order chi connectivity index (χ0) is 17.4. The van der Waals surface area contributed by atoms with E-state index in [0.29, 0.717) is 6.42 Å². The average Bonchev–Trinajstić information content (AvgIpc) is 3.35. The van der Waals surface area contributed by atoms with Gasteiger partial charge in [0, 0.05) is 16.2 Å². The number of thiophene rings is 1. The van der Waals surface area contributed by atoms with Crippen molar-refractivity contribution in [2.24, 2.45) is 5.10 Å². The molecule has 3 heterocycles. The molecule has 1 amide bonds. The van der Waals surface area contributed by atoms with Gasteiger partial charge in [0.25, 0.3) is 0 Å². The highest BCUT2D eigenvalue weighted by Gasteiger charge is 2.35. The first-order valence-electron chi connectivity index (χ1n) is 7.88. The van der Waals surface area contributed by atoms with Crippen LogP contribution in [-0.4, -0.2) is 16.6 Å². The molecule has 0 N–H and O–H groups in total. The Balaban J connectivity index is 1.71. The zero-order valence-corrected chi connectivity index (χ0v) is 14.3. The lowest BCUT2D eigenvalue weighted by molar-refractivity contribution is 0.0681. The molecule has 0 fully saturated rings. The Morgan fingerprint density at radius 3 is 2.68 bits per heavy atom. The summed E-state index contributed by atoms with van der Waals surface area (Å²) in [6.45, 7) is 2.03. The summed E-state index contributed by atoms with van der Waals surface area (Å²) in [5.74, 6) is -0.322. The van der Waals surface area contributed by atoms with E-state index in [1.807, 2.05) is 19.1 Å². The smallest absolute Gasteiger partial charge is 0.310 e. The van der Waals surface area contributed by atoms with Crippen LogP contribution in [0.4, 0.5) is 4.39 Å². The van der Waals surface area contributed by atoms with Crippen LogP contribution in [0.1, 0.15) is 38.3 Å². The summed E-state index contributed by atoms with van der Waals surface area (Å²) in [7, 11) is 0. The molecule has 0 saturated heterocycles. The average molecular weight is 354 g/mol. The third-order valence-electron chi connectivity index (χ3n) is 4.12. The quantitative estimate of drug-likeness (QED) is 0.679. The van der Waals surface area contributed by atoms with Crippen LogP contribution < -0.4 is 0 Å². The molecule has 1 unspecified atom stereocenters. The highest BCUT2D eigenvalue weighted by Crippen LogP contribution is 2.37. The minimum Gasteiger partial charge on any atom is -0.459 e. The molecule has 0 bridgehead atoms. The van der Waals surface area contributed by atoms with Crippen molar-refractivity contribution in [1.29, 1.82) is 0 Å². The van der Waals surface area contributed by atoms with Crippen molar-refractivity contribution in [3.63, 3.8) is 0 Å². The fourth-order valence-electron chi connectivity index (χ4n) is 2.88. The number of hydrogen-bond acceptors (Lipinski definition) is 4. The Bertz CT molecular complexity index is 929. The number of rotatable bonds is 3. The molecule has 4 nitrogen and oxygen atoms in total. The van der Waals surface area contributed by atoms with E-state index in [0.717, 1.165) is 16.2 Å². The molecular weight excluding hydrogens is 339 g/mol. The van der Waals surface area contributed by atoms with Gasteiger partial charge in [0.1, 0.15) is 5.82 Å². The van der Waals surface area contributed by atoms with Crippen molar-refractivity contribution in [3.05, 3.63) is 81.7 Å². The SMILES string of the molecule is Cc1ccc(C2CC(c3ccc(F)cc3)=NN2C(=O)c2ccco2)s1. The largest absolute Gasteiger partial charge is 0.459 e. The standard InChI is InChI=1S/C19H15FN2O2S/c1-12-4-9-18(25-12)16-11-15(13-5-7-14(20)8-6-13)21-22(16)19(23)17-3-2-10-24-17/h2-10,16H,11H2,1H3. The minimum atomic E-state index is -0.295. The lowest BCUT2D eigenvalue weighted by Crippen LogP contribution is -2.26. The summed E-state index contributed by atoms with van der Waals surface area (Å²) in [6.07, 6.45) is 2.05. The number of carbonyl (C=O) groups is 1. The lowest BCUT2D eigenvalue weighted by atomic mass is 10.0. The number of carbonyl (C=O) groups excluding carboxylic acids is 1. The van der Waals surface area contributed by atoms with Gasteiger partial charge in [-0.2, -0.15) is 5.10 Å². The first-order valence-corrected chi connectivity index (χ1v) is 8.70. The zero-order valence-electron chi connectivity index (χ0n) is 13.5. The molecule has 0 radical (unpaired) electrons. The van der Waals surface area contributed by atoms with Crippen LogP contribution in [0.25, 0.3) is 0 Å². The second-order valence-corrected chi connectivity index (χ2v) is 7.17. The molecule has 1 atom stereocenters. The number of furan rings is 1. The molecule has 126 valence electrons. The van der Waals surface area contributed by atoms with Crippen LogP contribution in [-0.2, 0) is 0 Å². The maximum atomic E-state index is 13.2. The van der Waals surface area contributed by atoms with Crippen LogP contribution in [0.5, 0.6) is 0 Å². The lowest BCUT2D eigenvalue weighted by Gasteiger charge is -2.19. The second-order valence-electron chi connectivity index (χ2n) is 5.85. The number of nitrogens with zero attached hydrogens (tertiary/aromatic N) is 2. The summed E-state index contributed by atoms with van der Waals surface area (Å²) in [4.78, 5) is 15.0. The molecule has 6 heteroatoms. The molecule has 3 aromatic rings. The molecular formula is C19H15FN2O2S. The summed E-state index contributed by atoms with van der Waals surface area (Å²) in [5.41, 5.74) is 1.57. The summed E-state index contributed by atoms with van der Waals surface area (Å²) in [5, 5.41) is 6.01. The van der Waals surface area contributed by atoms with E-state index in [-0.39, 0.29) is 23.5 Å². The maximum Gasteiger partial charge on any atom is 0.310 e. The van der Waals surface area contributed by atoms with Gasteiger partial charge in [-0.25, -0.2) is 9.40 Å². The second kappa shape index (κ2) is 6.29. The van der Waals surface area contributed by atoms with Gasteiger partial charge in [0.2, 0.25) is 0 Å². The number of aryl methyl sites for hydroxylation is 1. The van der Waals surface area contributed by atoms with Crippen molar-refractivity contribution in [2.45, 2.75) is 19.4 Å². The van der Waals surface area contributed by atoms with Gasteiger partial charge in [0.05, 0.1) is 18.0 Å². The highest BCUT2D eigenvalue weighted by molar-refractivity contribution is 7.12. The molecule has 25 heavy (non-hydrogen) atoms. The number of benzene rings is 1. The van der Waals surface area contributed by atoms with E-state index in [4.69, 9.17) is 4.42 Å². The molecule has 2 aromatic heterocycles. The molecule has 1 aliphatic heterocycles. The van der Waals surface area contributed by atoms with Crippen molar-refractivity contribution in [3.8, 4) is 0 Å². The third kappa shape index (κ3) is 3.00. The minimum absolute atomic E-state index is 0.184. The molecule has 1 aromatic carbocycles. The maximum absolute atomic E-state index is 13.2. The Hall–Kier alpha value is -2.73. The number of amides is 1.